The average Bonchev–Trinajstić information content (AvgIpc) is 3.20. The lowest BCUT2D eigenvalue weighted by Gasteiger charge is -2.26. The Morgan fingerprint density at radius 2 is 2.25 bits per heavy atom. The van der Waals surface area contributed by atoms with Crippen LogP contribution in [0.3, 0.4) is 0 Å². The Kier molecular flexibility index (Phi) is 3.80. The van der Waals surface area contributed by atoms with Gasteiger partial charge in [0.1, 0.15) is 11.6 Å². The molecule has 0 saturated carbocycles. The summed E-state index contributed by atoms with van der Waals surface area (Å²) < 4.78 is 3.19. The lowest BCUT2D eigenvalue weighted by atomic mass is 10.1. The van der Waals surface area contributed by atoms with Crippen LogP contribution in [-0.2, 0) is 13.0 Å². The standard InChI is InChI=1S/C17H19N5OS/c1-10(2)16-21-20-15-6-4-12(8-22(15)16)19-17(23)11-3-5-13-14(7-11)24-9-18-13/h3,5,7,9-10,12H,4,6,8H2,1-2H3,(H,19,23). The molecule has 0 spiro atoms. The zero-order valence-electron chi connectivity index (χ0n) is 13.7. The summed E-state index contributed by atoms with van der Waals surface area (Å²) >= 11 is 1.55. The maximum absolute atomic E-state index is 12.6. The first-order valence-electron chi connectivity index (χ1n) is 8.18. The van der Waals surface area contributed by atoms with Crippen molar-refractivity contribution < 1.29 is 4.79 Å². The van der Waals surface area contributed by atoms with E-state index in [9.17, 15) is 4.79 Å². The molecule has 0 saturated heterocycles. The van der Waals surface area contributed by atoms with Crippen LogP contribution in [0.5, 0.6) is 0 Å². The second-order valence-corrected chi connectivity index (χ2v) is 7.37. The van der Waals surface area contributed by atoms with Crippen LogP contribution in [-0.4, -0.2) is 31.7 Å². The monoisotopic (exact) mass is 341 g/mol. The van der Waals surface area contributed by atoms with Crippen LogP contribution in [0.2, 0.25) is 0 Å². The number of nitrogens with one attached hydrogen (secondary N) is 1. The van der Waals surface area contributed by atoms with Gasteiger partial charge < -0.3 is 9.88 Å². The van der Waals surface area contributed by atoms with Crippen molar-refractivity contribution in [3.8, 4) is 0 Å². The van der Waals surface area contributed by atoms with Crippen LogP contribution >= 0.6 is 11.3 Å². The summed E-state index contributed by atoms with van der Waals surface area (Å²) in [5.41, 5.74) is 3.42. The molecule has 1 aromatic carbocycles. The maximum Gasteiger partial charge on any atom is 0.251 e. The number of benzene rings is 1. The smallest absolute Gasteiger partial charge is 0.251 e. The van der Waals surface area contributed by atoms with Crippen molar-refractivity contribution in [1.29, 1.82) is 0 Å². The summed E-state index contributed by atoms with van der Waals surface area (Å²) in [4.78, 5) is 16.8. The number of thiazole rings is 1. The van der Waals surface area contributed by atoms with Gasteiger partial charge in [0.25, 0.3) is 5.91 Å². The molecule has 3 heterocycles. The number of carbonyl (C=O) groups is 1. The molecule has 7 heteroatoms. The SMILES string of the molecule is CC(C)c1nnc2n1CC(NC(=O)c1ccc3ncsc3c1)CC2. The summed E-state index contributed by atoms with van der Waals surface area (Å²) in [5, 5.41) is 11.7. The maximum atomic E-state index is 12.6. The molecule has 0 aliphatic carbocycles. The Labute approximate surface area is 143 Å². The van der Waals surface area contributed by atoms with Crippen LogP contribution in [0, 0.1) is 0 Å². The predicted molar refractivity (Wildman–Crippen MR) is 93.3 cm³/mol. The molecule has 2 aromatic heterocycles. The van der Waals surface area contributed by atoms with Crippen molar-refractivity contribution in [2.45, 2.75) is 45.2 Å². The van der Waals surface area contributed by atoms with Gasteiger partial charge in [-0.2, -0.15) is 0 Å². The first kappa shape index (κ1) is 15.3. The summed E-state index contributed by atoms with van der Waals surface area (Å²) in [5.74, 6) is 2.32. The van der Waals surface area contributed by atoms with E-state index in [1.165, 1.54) is 0 Å². The second-order valence-electron chi connectivity index (χ2n) is 6.48. The Bertz CT molecular complexity index is 897. The van der Waals surface area contributed by atoms with E-state index in [0.717, 1.165) is 41.3 Å². The summed E-state index contributed by atoms with van der Waals surface area (Å²) in [6, 6.07) is 5.76. The number of aromatic nitrogens is 4. The topological polar surface area (TPSA) is 72.7 Å². The third-order valence-corrected chi connectivity index (χ3v) is 5.21. The molecule has 24 heavy (non-hydrogen) atoms. The van der Waals surface area contributed by atoms with E-state index >= 15 is 0 Å². The zero-order chi connectivity index (χ0) is 16.7. The van der Waals surface area contributed by atoms with Gasteiger partial charge in [0.2, 0.25) is 0 Å². The largest absolute Gasteiger partial charge is 0.347 e. The number of hydrogen-bond acceptors (Lipinski definition) is 5. The van der Waals surface area contributed by atoms with Gasteiger partial charge >= 0.3 is 0 Å². The highest BCUT2D eigenvalue weighted by atomic mass is 32.1. The first-order chi connectivity index (χ1) is 11.6. The van der Waals surface area contributed by atoms with Gasteiger partial charge in [0.05, 0.1) is 15.7 Å². The van der Waals surface area contributed by atoms with Gasteiger partial charge in [-0.1, -0.05) is 13.8 Å². The molecule has 1 amide bonds. The van der Waals surface area contributed by atoms with E-state index in [1.807, 2.05) is 18.2 Å². The average molecular weight is 341 g/mol. The minimum Gasteiger partial charge on any atom is -0.347 e. The molecule has 1 aliphatic heterocycles. The van der Waals surface area contributed by atoms with Crippen molar-refractivity contribution in [2.24, 2.45) is 0 Å². The second kappa shape index (κ2) is 5.98. The molecular weight excluding hydrogens is 322 g/mol. The van der Waals surface area contributed by atoms with Gasteiger partial charge in [-0.05, 0) is 24.6 Å². The molecule has 0 fully saturated rings. The van der Waals surface area contributed by atoms with Gasteiger partial charge in [-0.3, -0.25) is 4.79 Å². The van der Waals surface area contributed by atoms with Gasteiger partial charge in [-0.15, -0.1) is 21.5 Å². The van der Waals surface area contributed by atoms with Crippen LogP contribution < -0.4 is 5.32 Å². The van der Waals surface area contributed by atoms with E-state index in [-0.39, 0.29) is 11.9 Å². The Balaban J connectivity index is 1.51. The van der Waals surface area contributed by atoms with Crippen molar-refractivity contribution in [3.05, 3.63) is 40.9 Å². The highest BCUT2D eigenvalue weighted by Crippen LogP contribution is 2.22. The number of fused-ring (bicyclic) bond motifs is 2. The van der Waals surface area contributed by atoms with Crippen molar-refractivity contribution in [1.82, 2.24) is 25.1 Å². The third-order valence-electron chi connectivity index (χ3n) is 4.42. The van der Waals surface area contributed by atoms with E-state index in [4.69, 9.17) is 0 Å². The molecule has 1 N–H and O–H groups in total. The molecule has 1 unspecified atom stereocenters. The number of carbonyl (C=O) groups excluding carboxylic acids is 1. The number of nitrogens with zero attached hydrogens (tertiary/aromatic N) is 4. The van der Waals surface area contributed by atoms with Gasteiger partial charge in [0.15, 0.2) is 0 Å². The molecule has 0 bridgehead atoms. The lowest BCUT2D eigenvalue weighted by molar-refractivity contribution is 0.0927. The fourth-order valence-electron chi connectivity index (χ4n) is 3.16. The van der Waals surface area contributed by atoms with Crippen LogP contribution in [0.1, 0.15) is 48.2 Å². The highest BCUT2D eigenvalue weighted by molar-refractivity contribution is 7.16. The predicted octanol–water partition coefficient (Wildman–Crippen LogP) is 2.76. The Morgan fingerprint density at radius 3 is 3.08 bits per heavy atom. The van der Waals surface area contributed by atoms with Crippen LogP contribution in [0.15, 0.2) is 23.7 Å². The minimum atomic E-state index is -0.0297. The number of aryl methyl sites for hydroxylation is 1. The fraction of sp³-hybridized carbons (Fsp3) is 0.412. The summed E-state index contributed by atoms with van der Waals surface area (Å²) in [6.45, 7) is 4.97. The molecule has 4 rings (SSSR count). The molecule has 6 nitrogen and oxygen atoms in total. The number of amides is 1. The lowest BCUT2D eigenvalue weighted by Crippen LogP contribution is -2.41. The van der Waals surface area contributed by atoms with Gasteiger partial charge in [-0.25, -0.2) is 4.98 Å². The normalized spacial score (nSPS) is 17.2. The summed E-state index contributed by atoms with van der Waals surface area (Å²) in [7, 11) is 0. The number of rotatable bonds is 3. The molecular formula is C17H19N5OS. The fourth-order valence-corrected chi connectivity index (χ4v) is 3.87. The van der Waals surface area contributed by atoms with Gasteiger partial charge in [0, 0.05) is 30.5 Å². The molecule has 1 aliphatic rings. The van der Waals surface area contributed by atoms with Crippen molar-refractivity contribution in [2.75, 3.05) is 0 Å². The van der Waals surface area contributed by atoms with E-state index in [1.54, 1.807) is 16.8 Å². The molecule has 1 atom stereocenters. The Morgan fingerprint density at radius 1 is 1.38 bits per heavy atom. The third kappa shape index (κ3) is 2.69. The molecule has 0 radical (unpaired) electrons. The van der Waals surface area contributed by atoms with Crippen molar-refractivity contribution >= 4 is 27.5 Å². The van der Waals surface area contributed by atoms with E-state index < -0.39 is 0 Å². The first-order valence-corrected chi connectivity index (χ1v) is 9.06. The molecule has 3 aromatic rings. The molecule has 124 valence electrons. The van der Waals surface area contributed by atoms with E-state index in [0.29, 0.717) is 11.5 Å². The minimum absolute atomic E-state index is 0.0297. The van der Waals surface area contributed by atoms with Crippen LogP contribution in [0.4, 0.5) is 0 Å². The van der Waals surface area contributed by atoms with Crippen LogP contribution in [0.25, 0.3) is 10.2 Å². The van der Waals surface area contributed by atoms with E-state index in [2.05, 4.69) is 38.9 Å². The summed E-state index contributed by atoms with van der Waals surface area (Å²) in [6.07, 6.45) is 1.74. The Hall–Kier alpha value is -2.28. The highest BCUT2D eigenvalue weighted by Gasteiger charge is 2.25. The van der Waals surface area contributed by atoms with Crippen molar-refractivity contribution in [3.63, 3.8) is 0 Å². The quantitative estimate of drug-likeness (QED) is 0.795. The number of hydrogen-bond donors (Lipinski definition) is 1. The zero-order valence-corrected chi connectivity index (χ0v) is 14.5.